The molecule has 2 aromatic rings. The molecule has 0 fully saturated rings. The Kier molecular flexibility index (Phi) is 4.06. The molecule has 0 heterocycles. The van der Waals surface area contributed by atoms with Crippen LogP contribution in [0.2, 0.25) is 0 Å². The van der Waals surface area contributed by atoms with Crippen molar-refractivity contribution in [1.82, 2.24) is 0 Å². The normalized spacial score (nSPS) is 16.5. The van der Waals surface area contributed by atoms with E-state index in [9.17, 15) is 10.1 Å². The number of rotatable bonds is 4. The topological polar surface area (TPSA) is 90.4 Å². The predicted molar refractivity (Wildman–Crippen MR) is 89.8 cm³/mol. The fourth-order valence-electron chi connectivity index (χ4n) is 3.10. The highest BCUT2D eigenvalue weighted by Gasteiger charge is 2.21. The van der Waals surface area contributed by atoms with E-state index >= 15 is 0 Å². The van der Waals surface area contributed by atoms with Gasteiger partial charge in [-0.05, 0) is 48.6 Å². The molecule has 1 unspecified atom stereocenters. The second-order valence-electron chi connectivity index (χ2n) is 5.69. The molecule has 3 rings (SSSR count). The first-order valence-electron chi connectivity index (χ1n) is 7.56. The predicted octanol–water partition coefficient (Wildman–Crippen LogP) is 3.68. The molecule has 0 aromatic heterocycles. The molecular formula is C17H19N3O3. The van der Waals surface area contributed by atoms with Gasteiger partial charge in [0, 0.05) is 23.5 Å². The van der Waals surface area contributed by atoms with E-state index in [-0.39, 0.29) is 17.5 Å². The van der Waals surface area contributed by atoms with Crippen molar-refractivity contribution in [3.05, 3.63) is 57.6 Å². The SMILES string of the molecule is COc1cc(NC2CCCc3cc(N)ccc32)ccc1[N+](=O)[O-]. The van der Waals surface area contributed by atoms with Crippen molar-refractivity contribution in [2.45, 2.75) is 25.3 Å². The maximum atomic E-state index is 11.0. The number of fused-ring (bicyclic) bond motifs is 1. The third kappa shape index (κ3) is 3.06. The summed E-state index contributed by atoms with van der Waals surface area (Å²) in [5.74, 6) is 0.258. The quantitative estimate of drug-likeness (QED) is 0.510. The van der Waals surface area contributed by atoms with Crippen LogP contribution in [-0.2, 0) is 6.42 Å². The fraction of sp³-hybridized carbons (Fsp3) is 0.294. The number of nitrogen functional groups attached to an aromatic ring is 1. The lowest BCUT2D eigenvalue weighted by atomic mass is 9.87. The monoisotopic (exact) mass is 313 g/mol. The lowest BCUT2D eigenvalue weighted by Crippen LogP contribution is -2.17. The van der Waals surface area contributed by atoms with E-state index < -0.39 is 4.92 Å². The number of nitro benzene ring substituents is 1. The van der Waals surface area contributed by atoms with Crippen LogP contribution in [-0.4, -0.2) is 12.0 Å². The molecule has 0 bridgehead atoms. The number of nitrogens with two attached hydrogens (primary N) is 1. The molecule has 0 saturated carbocycles. The summed E-state index contributed by atoms with van der Waals surface area (Å²) in [5, 5.41) is 14.4. The van der Waals surface area contributed by atoms with Crippen molar-refractivity contribution in [3.8, 4) is 5.75 Å². The average Bonchev–Trinajstić information content (AvgIpc) is 2.54. The van der Waals surface area contributed by atoms with Crippen molar-refractivity contribution >= 4 is 17.1 Å². The number of aryl methyl sites for hydroxylation is 1. The number of nitrogens with zero attached hydrogens (tertiary/aromatic N) is 1. The zero-order valence-corrected chi connectivity index (χ0v) is 12.9. The van der Waals surface area contributed by atoms with Gasteiger partial charge in [0.15, 0.2) is 5.75 Å². The van der Waals surface area contributed by atoms with Crippen LogP contribution < -0.4 is 15.8 Å². The summed E-state index contributed by atoms with van der Waals surface area (Å²) in [6.45, 7) is 0. The number of nitrogens with one attached hydrogen (secondary N) is 1. The van der Waals surface area contributed by atoms with Crippen LogP contribution in [0, 0.1) is 10.1 Å². The molecule has 1 aliphatic rings. The van der Waals surface area contributed by atoms with Crippen LogP contribution >= 0.6 is 0 Å². The summed E-state index contributed by atoms with van der Waals surface area (Å²) in [6.07, 6.45) is 3.12. The maximum Gasteiger partial charge on any atom is 0.311 e. The van der Waals surface area contributed by atoms with Gasteiger partial charge in [-0.15, -0.1) is 0 Å². The Morgan fingerprint density at radius 1 is 1.30 bits per heavy atom. The van der Waals surface area contributed by atoms with E-state index in [2.05, 4.69) is 11.4 Å². The van der Waals surface area contributed by atoms with Crippen molar-refractivity contribution in [1.29, 1.82) is 0 Å². The highest BCUT2D eigenvalue weighted by molar-refractivity contribution is 5.59. The Morgan fingerprint density at radius 2 is 2.13 bits per heavy atom. The maximum absolute atomic E-state index is 11.0. The van der Waals surface area contributed by atoms with Gasteiger partial charge in [0.1, 0.15) is 0 Å². The van der Waals surface area contributed by atoms with Crippen LogP contribution in [0.5, 0.6) is 5.75 Å². The van der Waals surface area contributed by atoms with Gasteiger partial charge in [-0.2, -0.15) is 0 Å². The summed E-state index contributed by atoms with van der Waals surface area (Å²) in [5.41, 5.74) is 9.92. The van der Waals surface area contributed by atoms with Gasteiger partial charge in [-0.1, -0.05) is 6.07 Å². The molecule has 6 nitrogen and oxygen atoms in total. The summed E-state index contributed by atoms with van der Waals surface area (Å²) in [6, 6.07) is 11.0. The Balaban J connectivity index is 1.87. The molecule has 0 amide bonds. The number of ether oxygens (including phenoxy) is 1. The number of benzene rings is 2. The molecule has 0 saturated heterocycles. The molecule has 6 heteroatoms. The van der Waals surface area contributed by atoms with E-state index in [4.69, 9.17) is 10.5 Å². The Morgan fingerprint density at radius 3 is 2.87 bits per heavy atom. The first-order valence-corrected chi connectivity index (χ1v) is 7.56. The van der Waals surface area contributed by atoms with Crippen molar-refractivity contribution in [2.24, 2.45) is 0 Å². The van der Waals surface area contributed by atoms with Crippen LogP contribution in [0.15, 0.2) is 36.4 Å². The molecule has 1 aliphatic carbocycles. The minimum atomic E-state index is -0.443. The van der Waals surface area contributed by atoms with Crippen molar-refractivity contribution < 1.29 is 9.66 Å². The zero-order valence-electron chi connectivity index (χ0n) is 12.9. The number of anilines is 2. The standard InChI is InChI=1S/C17H19N3O3/c1-23-17-10-13(6-8-16(17)20(21)22)19-15-4-2-3-11-9-12(18)5-7-14(11)15/h5-10,15,19H,2-4,18H2,1H3. The van der Waals surface area contributed by atoms with Crippen molar-refractivity contribution in [2.75, 3.05) is 18.2 Å². The van der Waals surface area contributed by atoms with Crippen molar-refractivity contribution in [3.63, 3.8) is 0 Å². The summed E-state index contributed by atoms with van der Waals surface area (Å²) >= 11 is 0. The summed E-state index contributed by atoms with van der Waals surface area (Å²) in [7, 11) is 1.44. The Bertz CT molecular complexity index is 746. The van der Waals surface area contributed by atoms with Crippen LogP contribution in [0.4, 0.5) is 17.1 Å². The molecule has 23 heavy (non-hydrogen) atoms. The summed E-state index contributed by atoms with van der Waals surface area (Å²) in [4.78, 5) is 10.5. The molecule has 3 N–H and O–H groups in total. The first-order chi connectivity index (χ1) is 11.1. The average molecular weight is 313 g/mol. The minimum Gasteiger partial charge on any atom is -0.490 e. The Labute approximate surface area is 134 Å². The molecular weight excluding hydrogens is 294 g/mol. The largest absolute Gasteiger partial charge is 0.490 e. The molecule has 0 aliphatic heterocycles. The second-order valence-corrected chi connectivity index (χ2v) is 5.69. The fourth-order valence-corrected chi connectivity index (χ4v) is 3.10. The van der Waals surface area contributed by atoms with Gasteiger partial charge in [0.25, 0.3) is 0 Å². The smallest absolute Gasteiger partial charge is 0.311 e. The van der Waals surface area contributed by atoms with E-state index in [1.807, 2.05) is 12.1 Å². The van der Waals surface area contributed by atoms with Crippen LogP contribution in [0.25, 0.3) is 0 Å². The third-order valence-electron chi connectivity index (χ3n) is 4.20. The van der Waals surface area contributed by atoms with Gasteiger partial charge < -0.3 is 15.8 Å². The van der Waals surface area contributed by atoms with Gasteiger partial charge in [0.05, 0.1) is 18.1 Å². The summed E-state index contributed by atoms with van der Waals surface area (Å²) < 4.78 is 5.12. The molecule has 1 atom stereocenters. The van der Waals surface area contributed by atoms with Gasteiger partial charge in [-0.25, -0.2) is 0 Å². The second kappa shape index (κ2) is 6.16. The van der Waals surface area contributed by atoms with Gasteiger partial charge in [-0.3, -0.25) is 10.1 Å². The first kappa shape index (κ1) is 15.1. The number of nitro groups is 1. The highest BCUT2D eigenvalue weighted by atomic mass is 16.6. The van der Waals surface area contributed by atoms with E-state index in [0.29, 0.717) is 0 Å². The number of methoxy groups -OCH3 is 1. The highest BCUT2D eigenvalue weighted by Crippen LogP contribution is 2.36. The van der Waals surface area contributed by atoms with E-state index in [1.165, 1.54) is 24.3 Å². The van der Waals surface area contributed by atoms with Gasteiger partial charge in [0.2, 0.25) is 0 Å². The minimum absolute atomic E-state index is 0.0325. The lowest BCUT2D eigenvalue weighted by molar-refractivity contribution is -0.385. The van der Waals surface area contributed by atoms with Crippen LogP contribution in [0.1, 0.15) is 30.0 Å². The zero-order chi connectivity index (χ0) is 16.4. The Hall–Kier alpha value is -2.76. The molecule has 0 radical (unpaired) electrons. The van der Waals surface area contributed by atoms with Gasteiger partial charge >= 0.3 is 5.69 Å². The molecule has 0 spiro atoms. The number of hydrogen-bond acceptors (Lipinski definition) is 5. The van der Waals surface area contributed by atoms with Crippen LogP contribution in [0.3, 0.4) is 0 Å². The van der Waals surface area contributed by atoms with E-state index in [0.717, 1.165) is 30.6 Å². The third-order valence-corrected chi connectivity index (χ3v) is 4.20. The molecule has 2 aromatic carbocycles. The number of hydrogen-bond donors (Lipinski definition) is 2. The van der Waals surface area contributed by atoms with E-state index in [1.54, 1.807) is 12.1 Å². The lowest BCUT2D eigenvalue weighted by Gasteiger charge is -2.27. The molecule has 120 valence electrons.